The van der Waals surface area contributed by atoms with Gasteiger partial charge in [0.15, 0.2) is 0 Å². The van der Waals surface area contributed by atoms with Crippen molar-refractivity contribution in [3.05, 3.63) is 34.9 Å². The van der Waals surface area contributed by atoms with Crippen LogP contribution in [0.2, 0.25) is 0 Å². The zero-order chi connectivity index (χ0) is 18.0. The van der Waals surface area contributed by atoms with Crippen molar-refractivity contribution in [1.29, 1.82) is 0 Å². The first-order valence-corrected chi connectivity index (χ1v) is 6.55. The molecule has 0 atom stereocenters. The predicted molar refractivity (Wildman–Crippen MR) is 71.4 cm³/mol. The number of likely N-dealkylation sites (N-methyl/N-ethyl adjacent to an activating group) is 1. The van der Waals surface area contributed by atoms with E-state index in [2.05, 4.69) is 0 Å². The van der Waals surface area contributed by atoms with Gasteiger partial charge in [0.1, 0.15) is 0 Å². The quantitative estimate of drug-likeness (QED) is 0.677. The highest BCUT2D eigenvalue weighted by atomic mass is 19.4. The third kappa shape index (κ3) is 3.96. The minimum atomic E-state index is -5.70. The lowest BCUT2D eigenvalue weighted by Gasteiger charge is -2.23. The maximum absolute atomic E-state index is 13.3. The number of benzene rings is 1. The van der Waals surface area contributed by atoms with Gasteiger partial charge in [-0.25, -0.2) is 0 Å². The summed E-state index contributed by atoms with van der Waals surface area (Å²) in [7, 11) is 0. The molecule has 2 amide bonds. The molecule has 0 fully saturated rings. The van der Waals surface area contributed by atoms with E-state index >= 15 is 0 Å². The minimum absolute atomic E-state index is 0.123. The van der Waals surface area contributed by atoms with Gasteiger partial charge in [-0.1, -0.05) is 12.1 Å². The maximum atomic E-state index is 13.3. The van der Waals surface area contributed by atoms with Crippen molar-refractivity contribution in [2.45, 2.75) is 32.5 Å². The monoisotopic (exact) mass is 338 g/mol. The van der Waals surface area contributed by atoms with E-state index in [-0.39, 0.29) is 18.7 Å². The van der Waals surface area contributed by atoms with Crippen LogP contribution in [0, 0.1) is 6.92 Å². The van der Waals surface area contributed by atoms with Crippen LogP contribution in [0.5, 0.6) is 0 Å². The van der Waals surface area contributed by atoms with Crippen LogP contribution in [0.3, 0.4) is 0 Å². The first kappa shape index (κ1) is 18.9. The molecule has 0 spiro atoms. The van der Waals surface area contributed by atoms with Crippen LogP contribution in [-0.4, -0.2) is 29.4 Å². The van der Waals surface area contributed by atoms with Gasteiger partial charge in [-0.05, 0) is 31.0 Å². The van der Waals surface area contributed by atoms with Gasteiger partial charge in [-0.2, -0.15) is 22.0 Å². The van der Waals surface area contributed by atoms with E-state index in [0.717, 1.165) is 11.0 Å². The van der Waals surface area contributed by atoms with Crippen LogP contribution in [0.15, 0.2) is 18.2 Å². The lowest BCUT2D eigenvalue weighted by Crippen LogP contribution is -2.39. The number of alkyl halides is 5. The maximum Gasteiger partial charge on any atom is 0.458 e. The van der Waals surface area contributed by atoms with E-state index in [4.69, 9.17) is 5.73 Å². The Balaban J connectivity index is 3.10. The van der Waals surface area contributed by atoms with E-state index < -0.39 is 29.5 Å². The van der Waals surface area contributed by atoms with Crippen LogP contribution >= 0.6 is 0 Å². The van der Waals surface area contributed by atoms with Gasteiger partial charge in [0.05, 0.1) is 0 Å². The summed E-state index contributed by atoms with van der Waals surface area (Å²) in [6, 6.07) is 2.44. The zero-order valence-electron chi connectivity index (χ0n) is 12.4. The number of amides is 2. The Hall–Kier alpha value is -2.19. The van der Waals surface area contributed by atoms with Gasteiger partial charge in [-0.3, -0.25) is 9.59 Å². The highest BCUT2D eigenvalue weighted by Gasteiger charge is 2.58. The average Bonchev–Trinajstić information content (AvgIpc) is 2.43. The number of nitrogens with zero attached hydrogens (tertiary/aromatic N) is 1. The Morgan fingerprint density at radius 2 is 1.74 bits per heavy atom. The number of hydrogen-bond donors (Lipinski definition) is 1. The molecule has 0 bridgehead atoms. The molecular formula is C14H15F5N2O2. The summed E-state index contributed by atoms with van der Waals surface area (Å²) in [6.45, 7) is 2.92. The largest absolute Gasteiger partial charge is 0.458 e. The highest BCUT2D eigenvalue weighted by molar-refractivity contribution is 6.34. The van der Waals surface area contributed by atoms with Crippen LogP contribution < -0.4 is 5.73 Å². The van der Waals surface area contributed by atoms with E-state index in [0.29, 0.717) is 17.7 Å². The molecule has 1 aromatic carbocycles. The normalized spacial score (nSPS) is 12.1. The average molecular weight is 338 g/mol. The number of nitrogens with two attached hydrogens (primary N) is 1. The van der Waals surface area contributed by atoms with Crippen LogP contribution in [-0.2, 0) is 22.1 Å². The lowest BCUT2D eigenvalue weighted by molar-refractivity contribution is -0.289. The Kier molecular flexibility index (Phi) is 5.34. The Labute approximate surface area is 129 Å². The first-order valence-electron chi connectivity index (χ1n) is 6.55. The summed E-state index contributed by atoms with van der Waals surface area (Å²) in [5, 5.41) is 0. The van der Waals surface area contributed by atoms with Gasteiger partial charge in [0.25, 0.3) is 0 Å². The van der Waals surface area contributed by atoms with E-state index in [9.17, 15) is 31.5 Å². The molecule has 0 unspecified atom stereocenters. The lowest BCUT2D eigenvalue weighted by atomic mass is 10.0. The predicted octanol–water partition coefficient (Wildman–Crippen LogP) is 2.48. The number of primary amides is 1. The summed E-state index contributed by atoms with van der Waals surface area (Å²) in [5.74, 6) is -7.11. The van der Waals surface area contributed by atoms with Gasteiger partial charge in [-0.15, -0.1) is 0 Å². The summed E-state index contributed by atoms with van der Waals surface area (Å²) in [5.41, 5.74) is 4.17. The standard InChI is InChI=1S/C14H15F5N2O2/c1-3-21(12(23)11(20)22)7-9-4-5-10(6-8(9)2)13(15,16)14(17,18)19/h4-6H,3,7H2,1-2H3,(H2,20,22). The molecule has 0 aromatic heterocycles. The van der Waals surface area contributed by atoms with Crippen LogP contribution in [0.4, 0.5) is 22.0 Å². The smallest absolute Gasteiger partial charge is 0.361 e. The fourth-order valence-corrected chi connectivity index (χ4v) is 1.92. The molecule has 0 radical (unpaired) electrons. The summed E-state index contributed by atoms with van der Waals surface area (Å²) in [6.07, 6.45) is -5.70. The number of carbonyl (C=O) groups is 2. The Bertz CT molecular complexity index is 614. The SMILES string of the molecule is CCN(Cc1ccc(C(F)(F)C(F)(F)F)cc1C)C(=O)C(N)=O. The van der Waals surface area contributed by atoms with Gasteiger partial charge >= 0.3 is 23.9 Å². The first-order chi connectivity index (χ1) is 10.4. The van der Waals surface area contributed by atoms with E-state index in [1.165, 1.54) is 6.92 Å². The number of aryl methyl sites for hydroxylation is 1. The van der Waals surface area contributed by atoms with E-state index in [1.807, 2.05) is 0 Å². The molecule has 1 aromatic rings. The van der Waals surface area contributed by atoms with Crippen molar-refractivity contribution >= 4 is 11.8 Å². The van der Waals surface area contributed by atoms with Crippen molar-refractivity contribution in [2.24, 2.45) is 5.73 Å². The van der Waals surface area contributed by atoms with Crippen molar-refractivity contribution in [1.82, 2.24) is 4.90 Å². The number of halogens is 5. The number of hydrogen-bond acceptors (Lipinski definition) is 2. The zero-order valence-corrected chi connectivity index (χ0v) is 12.4. The summed E-state index contributed by atoms with van der Waals surface area (Å²) < 4.78 is 63.6. The molecule has 0 saturated carbocycles. The molecule has 0 saturated heterocycles. The van der Waals surface area contributed by atoms with E-state index in [1.54, 1.807) is 6.92 Å². The van der Waals surface area contributed by atoms with Gasteiger partial charge in [0.2, 0.25) is 0 Å². The Morgan fingerprint density at radius 1 is 1.17 bits per heavy atom. The number of rotatable bonds is 4. The van der Waals surface area contributed by atoms with Crippen LogP contribution in [0.25, 0.3) is 0 Å². The molecule has 4 nitrogen and oxygen atoms in total. The van der Waals surface area contributed by atoms with Crippen molar-refractivity contribution in [3.8, 4) is 0 Å². The summed E-state index contributed by atoms with van der Waals surface area (Å²) >= 11 is 0. The third-order valence-corrected chi connectivity index (χ3v) is 3.30. The van der Waals surface area contributed by atoms with Crippen molar-refractivity contribution in [2.75, 3.05) is 6.54 Å². The van der Waals surface area contributed by atoms with Crippen LogP contribution in [0.1, 0.15) is 23.6 Å². The summed E-state index contributed by atoms with van der Waals surface area (Å²) in [4.78, 5) is 23.5. The molecule has 9 heteroatoms. The molecule has 1 rings (SSSR count). The van der Waals surface area contributed by atoms with Crippen molar-refractivity contribution in [3.63, 3.8) is 0 Å². The van der Waals surface area contributed by atoms with Gasteiger partial charge in [0, 0.05) is 18.7 Å². The second kappa shape index (κ2) is 6.51. The molecule has 2 N–H and O–H groups in total. The molecule has 0 aliphatic heterocycles. The number of carbonyl (C=O) groups excluding carboxylic acids is 2. The van der Waals surface area contributed by atoms with Gasteiger partial charge < -0.3 is 10.6 Å². The fraction of sp³-hybridized carbons (Fsp3) is 0.429. The molecule has 0 aliphatic rings. The molecule has 23 heavy (non-hydrogen) atoms. The second-order valence-electron chi connectivity index (χ2n) is 4.90. The third-order valence-electron chi connectivity index (χ3n) is 3.30. The topological polar surface area (TPSA) is 63.4 Å². The molecule has 0 aliphatic carbocycles. The highest BCUT2D eigenvalue weighted by Crippen LogP contribution is 2.44. The fourth-order valence-electron chi connectivity index (χ4n) is 1.92. The Morgan fingerprint density at radius 3 is 2.13 bits per heavy atom. The minimum Gasteiger partial charge on any atom is -0.361 e. The second-order valence-corrected chi connectivity index (χ2v) is 4.90. The van der Waals surface area contributed by atoms with Crippen molar-refractivity contribution < 1.29 is 31.5 Å². The molecular weight excluding hydrogens is 323 g/mol. The molecule has 0 heterocycles. The molecule has 128 valence electrons.